The van der Waals surface area contributed by atoms with E-state index in [4.69, 9.17) is 14.2 Å². The minimum atomic E-state index is -0.692. The van der Waals surface area contributed by atoms with Crippen LogP contribution in [0.5, 0.6) is 11.5 Å². The Kier molecular flexibility index (Phi) is 5.75. The highest BCUT2D eigenvalue weighted by molar-refractivity contribution is 5.87. The number of amides is 2. The molecular weight excluding hydrogens is 350 g/mol. The maximum absolute atomic E-state index is 12.5. The van der Waals surface area contributed by atoms with Crippen LogP contribution in [0.2, 0.25) is 0 Å². The highest BCUT2D eigenvalue weighted by Crippen LogP contribution is 2.29. The Morgan fingerprint density at radius 3 is 2.78 bits per heavy atom. The van der Waals surface area contributed by atoms with Gasteiger partial charge in [-0.1, -0.05) is 12.1 Å². The van der Waals surface area contributed by atoms with Crippen molar-refractivity contribution >= 4 is 12.0 Å². The molecule has 0 aliphatic carbocycles. The van der Waals surface area contributed by atoms with Gasteiger partial charge in [0.2, 0.25) is 5.91 Å². The first-order chi connectivity index (χ1) is 13.1. The number of nitrogens with zero attached hydrogens (tertiary/aromatic N) is 2. The molecule has 1 N–H and O–H groups in total. The van der Waals surface area contributed by atoms with Gasteiger partial charge >= 0.3 is 6.09 Å². The van der Waals surface area contributed by atoms with Crippen LogP contribution in [0.25, 0.3) is 0 Å². The van der Waals surface area contributed by atoms with Crippen molar-refractivity contribution in [2.45, 2.75) is 19.1 Å². The molecule has 3 rings (SSSR count). The quantitative estimate of drug-likeness (QED) is 0.797. The maximum atomic E-state index is 12.5. The molecule has 0 bridgehead atoms. The van der Waals surface area contributed by atoms with Crippen LogP contribution in [0.15, 0.2) is 42.7 Å². The van der Waals surface area contributed by atoms with E-state index < -0.39 is 12.1 Å². The molecule has 1 aromatic heterocycles. The van der Waals surface area contributed by atoms with Crippen LogP contribution in [-0.4, -0.2) is 48.8 Å². The summed E-state index contributed by atoms with van der Waals surface area (Å²) in [6.45, 7) is 0.580. The number of nitrogens with one attached hydrogen (secondary N) is 1. The third-order valence-electron chi connectivity index (χ3n) is 4.27. The number of carbonyl (C=O) groups is 2. The van der Waals surface area contributed by atoms with Crippen LogP contribution in [0.1, 0.15) is 11.1 Å². The summed E-state index contributed by atoms with van der Waals surface area (Å²) in [6.07, 6.45) is 2.82. The normalized spacial score (nSPS) is 16.0. The van der Waals surface area contributed by atoms with Crippen molar-refractivity contribution < 1.29 is 23.8 Å². The highest BCUT2D eigenvalue weighted by atomic mass is 16.6. The fourth-order valence-electron chi connectivity index (χ4n) is 2.83. The monoisotopic (exact) mass is 371 g/mol. The van der Waals surface area contributed by atoms with Gasteiger partial charge in [-0.25, -0.2) is 4.79 Å². The average Bonchev–Trinajstić information content (AvgIpc) is 3.07. The number of hydrogen-bond acceptors (Lipinski definition) is 6. The second-order valence-corrected chi connectivity index (χ2v) is 5.99. The summed E-state index contributed by atoms with van der Waals surface area (Å²) in [5, 5.41) is 2.82. The molecule has 8 nitrogen and oxygen atoms in total. The number of carbonyl (C=O) groups excluding carboxylic acids is 2. The van der Waals surface area contributed by atoms with Gasteiger partial charge in [-0.3, -0.25) is 14.7 Å². The fourth-order valence-corrected chi connectivity index (χ4v) is 2.83. The molecule has 1 atom stereocenters. The zero-order chi connectivity index (χ0) is 19.2. The van der Waals surface area contributed by atoms with Gasteiger partial charge in [0, 0.05) is 18.9 Å². The van der Waals surface area contributed by atoms with Crippen molar-refractivity contribution in [3.63, 3.8) is 0 Å². The Hall–Kier alpha value is -3.29. The van der Waals surface area contributed by atoms with E-state index in [2.05, 4.69) is 10.3 Å². The van der Waals surface area contributed by atoms with Crippen molar-refractivity contribution in [2.24, 2.45) is 0 Å². The molecule has 8 heteroatoms. The lowest BCUT2D eigenvalue weighted by Crippen LogP contribution is -2.45. The summed E-state index contributed by atoms with van der Waals surface area (Å²) in [5.41, 5.74) is 1.68. The molecule has 2 aromatic rings. The van der Waals surface area contributed by atoms with E-state index in [9.17, 15) is 9.59 Å². The molecule has 1 aromatic carbocycles. The molecule has 1 aliphatic rings. The SMILES string of the molecule is COc1ccc(CN2C(=O)OC[C@H]2C(=O)NCc2cccnc2)cc1OC. The number of ether oxygens (including phenoxy) is 3. The summed E-state index contributed by atoms with van der Waals surface area (Å²) < 4.78 is 15.6. The van der Waals surface area contributed by atoms with Gasteiger partial charge in [0.05, 0.1) is 20.8 Å². The van der Waals surface area contributed by atoms with E-state index in [0.717, 1.165) is 11.1 Å². The largest absolute Gasteiger partial charge is 0.493 e. The first kappa shape index (κ1) is 18.5. The van der Waals surface area contributed by atoms with Gasteiger partial charge in [0.25, 0.3) is 0 Å². The summed E-state index contributed by atoms with van der Waals surface area (Å²) in [7, 11) is 3.10. The molecule has 0 unspecified atom stereocenters. The number of aromatic nitrogens is 1. The molecule has 2 heterocycles. The van der Waals surface area contributed by atoms with Gasteiger partial charge in [-0.2, -0.15) is 0 Å². The molecular formula is C19H21N3O5. The van der Waals surface area contributed by atoms with Crippen LogP contribution in [0.3, 0.4) is 0 Å². The molecule has 0 saturated carbocycles. The van der Waals surface area contributed by atoms with E-state index >= 15 is 0 Å². The van der Waals surface area contributed by atoms with Gasteiger partial charge in [0.15, 0.2) is 11.5 Å². The zero-order valence-electron chi connectivity index (χ0n) is 15.2. The van der Waals surface area contributed by atoms with E-state index in [0.29, 0.717) is 18.0 Å². The van der Waals surface area contributed by atoms with Crippen molar-refractivity contribution in [3.8, 4) is 11.5 Å². The molecule has 2 amide bonds. The third kappa shape index (κ3) is 4.28. The number of hydrogen-bond donors (Lipinski definition) is 1. The lowest BCUT2D eigenvalue weighted by molar-refractivity contribution is -0.125. The lowest BCUT2D eigenvalue weighted by Gasteiger charge is -2.21. The molecule has 1 fully saturated rings. The van der Waals surface area contributed by atoms with Gasteiger partial charge in [0.1, 0.15) is 12.6 Å². The Labute approximate surface area is 157 Å². The van der Waals surface area contributed by atoms with Gasteiger partial charge in [-0.05, 0) is 29.3 Å². The Balaban J connectivity index is 1.68. The summed E-state index contributed by atoms with van der Waals surface area (Å²) in [6, 6.07) is 8.32. The number of pyridine rings is 1. The Morgan fingerprint density at radius 2 is 2.07 bits per heavy atom. The highest BCUT2D eigenvalue weighted by Gasteiger charge is 2.38. The Morgan fingerprint density at radius 1 is 1.26 bits per heavy atom. The number of methoxy groups -OCH3 is 2. The van der Waals surface area contributed by atoms with E-state index in [1.807, 2.05) is 12.1 Å². The molecule has 0 radical (unpaired) electrons. The van der Waals surface area contributed by atoms with Crippen molar-refractivity contribution in [3.05, 3.63) is 53.9 Å². The van der Waals surface area contributed by atoms with E-state index in [-0.39, 0.29) is 19.1 Å². The predicted molar refractivity (Wildman–Crippen MR) is 96.3 cm³/mol. The second kappa shape index (κ2) is 8.39. The summed E-state index contributed by atoms with van der Waals surface area (Å²) in [4.78, 5) is 30.1. The maximum Gasteiger partial charge on any atom is 0.410 e. The minimum absolute atomic E-state index is 0.0188. The van der Waals surface area contributed by atoms with Gasteiger partial charge in [-0.15, -0.1) is 0 Å². The number of cyclic esters (lactones) is 1. The van der Waals surface area contributed by atoms with Crippen LogP contribution < -0.4 is 14.8 Å². The van der Waals surface area contributed by atoms with Crippen molar-refractivity contribution in [1.29, 1.82) is 0 Å². The first-order valence-electron chi connectivity index (χ1n) is 8.43. The van der Waals surface area contributed by atoms with Crippen LogP contribution in [-0.2, 0) is 22.6 Å². The van der Waals surface area contributed by atoms with Crippen LogP contribution in [0, 0.1) is 0 Å². The second-order valence-electron chi connectivity index (χ2n) is 5.99. The zero-order valence-corrected chi connectivity index (χ0v) is 15.2. The predicted octanol–water partition coefficient (Wildman–Crippen LogP) is 1.74. The number of rotatable bonds is 7. The minimum Gasteiger partial charge on any atom is -0.493 e. The smallest absolute Gasteiger partial charge is 0.410 e. The van der Waals surface area contributed by atoms with Crippen molar-refractivity contribution in [2.75, 3.05) is 20.8 Å². The average molecular weight is 371 g/mol. The fraction of sp³-hybridized carbons (Fsp3) is 0.316. The molecule has 1 aliphatic heterocycles. The van der Waals surface area contributed by atoms with Gasteiger partial charge < -0.3 is 19.5 Å². The Bertz CT molecular complexity index is 812. The van der Waals surface area contributed by atoms with E-state index in [1.165, 1.54) is 4.90 Å². The first-order valence-corrected chi connectivity index (χ1v) is 8.43. The third-order valence-corrected chi connectivity index (χ3v) is 4.27. The molecule has 27 heavy (non-hydrogen) atoms. The lowest BCUT2D eigenvalue weighted by atomic mass is 10.1. The molecule has 0 spiro atoms. The number of benzene rings is 1. The van der Waals surface area contributed by atoms with E-state index in [1.54, 1.807) is 44.8 Å². The van der Waals surface area contributed by atoms with Crippen molar-refractivity contribution in [1.82, 2.24) is 15.2 Å². The van der Waals surface area contributed by atoms with Crippen LogP contribution >= 0.6 is 0 Å². The topological polar surface area (TPSA) is 90.0 Å². The standard InChI is InChI=1S/C19H21N3O5/c1-25-16-6-5-13(8-17(16)26-2)11-22-15(12-27-19(22)24)18(23)21-10-14-4-3-7-20-9-14/h3-9,15H,10-12H2,1-2H3,(H,21,23)/t15-/m0/s1. The molecule has 1 saturated heterocycles. The summed E-state index contributed by atoms with van der Waals surface area (Å²) >= 11 is 0. The summed E-state index contributed by atoms with van der Waals surface area (Å²) in [5.74, 6) is 0.876. The van der Waals surface area contributed by atoms with Crippen LogP contribution in [0.4, 0.5) is 4.79 Å². The molecule has 142 valence electrons.